The third-order valence-corrected chi connectivity index (χ3v) is 4.09. The first-order valence-corrected chi connectivity index (χ1v) is 8.21. The second-order valence-corrected chi connectivity index (χ2v) is 6.18. The first-order chi connectivity index (χ1) is 10.5. The molecule has 1 aromatic heterocycles. The van der Waals surface area contributed by atoms with E-state index in [0.717, 1.165) is 25.5 Å². The number of halogens is 4. The highest BCUT2D eigenvalue weighted by Crippen LogP contribution is 2.29. The molecule has 0 bridgehead atoms. The van der Waals surface area contributed by atoms with E-state index in [1.807, 2.05) is 22.6 Å². The van der Waals surface area contributed by atoms with E-state index in [4.69, 9.17) is 9.47 Å². The molecule has 1 aliphatic heterocycles. The van der Waals surface area contributed by atoms with Gasteiger partial charge in [-0.1, -0.05) is 0 Å². The summed E-state index contributed by atoms with van der Waals surface area (Å²) < 4.78 is 49.4. The molecule has 1 aromatic rings. The number of alkyl halides is 3. The highest BCUT2D eigenvalue weighted by Gasteiger charge is 2.32. The van der Waals surface area contributed by atoms with Gasteiger partial charge in [-0.05, 0) is 54.0 Å². The van der Waals surface area contributed by atoms with E-state index in [1.54, 1.807) is 0 Å². The number of hydrogen-bond donors (Lipinski definition) is 1. The number of hydrogen-bond acceptors (Lipinski definition) is 4. The fraction of sp³-hybridized carbons (Fsp3) is 0.643. The molecule has 0 amide bonds. The van der Waals surface area contributed by atoms with Gasteiger partial charge in [0.15, 0.2) is 0 Å². The molecule has 0 radical (unpaired) electrons. The first-order valence-electron chi connectivity index (χ1n) is 7.14. The van der Waals surface area contributed by atoms with Crippen molar-refractivity contribution in [1.82, 2.24) is 4.98 Å². The number of nitrogens with zero attached hydrogens (tertiary/aromatic N) is 1. The lowest BCUT2D eigenvalue weighted by Crippen LogP contribution is -2.16. The number of pyridine rings is 1. The van der Waals surface area contributed by atoms with E-state index in [1.165, 1.54) is 6.07 Å². The van der Waals surface area contributed by atoms with Crippen LogP contribution in [0.15, 0.2) is 12.1 Å². The van der Waals surface area contributed by atoms with E-state index in [2.05, 4.69) is 10.3 Å². The summed E-state index contributed by atoms with van der Waals surface area (Å²) in [4.78, 5) is 3.62. The minimum atomic E-state index is -4.43. The van der Waals surface area contributed by atoms with Crippen molar-refractivity contribution in [3.05, 3.63) is 21.4 Å². The molecule has 0 aromatic carbocycles. The average Bonchev–Trinajstić information content (AvgIpc) is 2.96. The number of anilines is 1. The summed E-state index contributed by atoms with van der Waals surface area (Å²) in [5.41, 5.74) is -0.884. The van der Waals surface area contributed by atoms with Crippen LogP contribution in [0.2, 0.25) is 0 Å². The Balaban J connectivity index is 1.69. The normalized spacial score (nSPS) is 18.6. The minimum absolute atomic E-state index is 0.194. The predicted molar refractivity (Wildman–Crippen MR) is 84.9 cm³/mol. The maximum Gasteiger partial charge on any atom is 0.433 e. The first kappa shape index (κ1) is 17.7. The van der Waals surface area contributed by atoms with Gasteiger partial charge in [-0.15, -0.1) is 0 Å². The van der Waals surface area contributed by atoms with Crippen LogP contribution < -0.4 is 5.32 Å². The second kappa shape index (κ2) is 8.30. The molecule has 2 rings (SSSR count). The Morgan fingerprint density at radius 1 is 1.41 bits per heavy atom. The van der Waals surface area contributed by atoms with Crippen molar-refractivity contribution in [1.29, 1.82) is 0 Å². The van der Waals surface area contributed by atoms with Gasteiger partial charge in [-0.3, -0.25) is 0 Å². The van der Waals surface area contributed by atoms with Crippen LogP contribution in [0.1, 0.15) is 25.0 Å². The fourth-order valence-electron chi connectivity index (χ4n) is 2.10. The third kappa shape index (κ3) is 5.54. The summed E-state index contributed by atoms with van der Waals surface area (Å²) in [6.07, 6.45) is -1.43. The number of rotatable bonds is 7. The predicted octanol–water partition coefficient (Wildman–Crippen LogP) is 3.70. The Morgan fingerprint density at radius 2 is 2.23 bits per heavy atom. The van der Waals surface area contributed by atoms with Crippen LogP contribution in [-0.4, -0.2) is 37.5 Å². The smallest absolute Gasteiger partial charge is 0.379 e. The molecule has 4 nitrogen and oxygen atoms in total. The van der Waals surface area contributed by atoms with Gasteiger partial charge in [0, 0.05) is 19.8 Å². The van der Waals surface area contributed by atoms with Crippen molar-refractivity contribution in [3.8, 4) is 0 Å². The van der Waals surface area contributed by atoms with Crippen LogP contribution in [0, 0.1) is 3.57 Å². The summed E-state index contributed by atoms with van der Waals surface area (Å²) in [5.74, 6) is 0.259. The van der Waals surface area contributed by atoms with Gasteiger partial charge in [-0.2, -0.15) is 13.2 Å². The van der Waals surface area contributed by atoms with Crippen LogP contribution >= 0.6 is 22.6 Å². The number of ether oxygens (including phenoxy) is 2. The van der Waals surface area contributed by atoms with Crippen molar-refractivity contribution in [2.45, 2.75) is 31.5 Å². The van der Waals surface area contributed by atoms with Crippen LogP contribution in [0.25, 0.3) is 0 Å². The highest BCUT2D eigenvalue weighted by molar-refractivity contribution is 14.1. The zero-order chi connectivity index (χ0) is 16.0. The van der Waals surface area contributed by atoms with Gasteiger partial charge in [0.25, 0.3) is 0 Å². The second-order valence-electron chi connectivity index (χ2n) is 5.01. The largest absolute Gasteiger partial charge is 0.433 e. The lowest BCUT2D eigenvalue weighted by Gasteiger charge is -2.12. The van der Waals surface area contributed by atoms with Gasteiger partial charge in [0.1, 0.15) is 11.5 Å². The molecule has 124 valence electrons. The molecule has 1 atom stereocenters. The van der Waals surface area contributed by atoms with Crippen LogP contribution in [0.3, 0.4) is 0 Å². The van der Waals surface area contributed by atoms with Crippen LogP contribution in [-0.2, 0) is 15.7 Å². The molecule has 1 saturated heterocycles. The lowest BCUT2D eigenvalue weighted by atomic mass is 10.2. The highest BCUT2D eigenvalue weighted by atomic mass is 127. The monoisotopic (exact) mass is 430 g/mol. The average molecular weight is 430 g/mol. The maximum atomic E-state index is 12.6. The van der Waals surface area contributed by atoms with E-state index >= 15 is 0 Å². The van der Waals surface area contributed by atoms with Crippen LogP contribution in [0.5, 0.6) is 0 Å². The summed E-state index contributed by atoms with van der Waals surface area (Å²) >= 11 is 1.96. The third-order valence-electron chi connectivity index (χ3n) is 3.22. The van der Waals surface area contributed by atoms with E-state index in [9.17, 15) is 13.2 Å². The maximum absolute atomic E-state index is 12.6. The van der Waals surface area contributed by atoms with Crippen LogP contribution in [0.4, 0.5) is 19.0 Å². The standard InChI is InChI=1S/C14H18F3IN2O2/c15-14(16,17)12-5-4-11(18)13(20-12)19-6-2-7-21-9-10-3-1-8-22-10/h4-5,10H,1-3,6-9H2,(H,19,20)/t10-/m1/s1. The molecule has 0 unspecified atom stereocenters. The Bertz CT molecular complexity index is 480. The summed E-state index contributed by atoms with van der Waals surface area (Å²) in [6.45, 7) is 2.44. The Kier molecular flexibility index (Phi) is 6.69. The Labute approximate surface area is 140 Å². The summed E-state index contributed by atoms with van der Waals surface area (Å²) in [6, 6.07) is 2.39. The van der Waals surface area contributed by atoms with Crippen molar-refractivity contribution in [2.75, 3.05) is 31.7 Å². The SMILES string of the molecule is FC(F)(F)c1ccc(I)c(NCCCOC[C@H]2CCCO2)n1. The fourth-order valence-corrected chi connectivity index (χ4v) is 2.59. The summed E-state index contributed by atoms with van der Waals surface area (Å²) in [5, 5.41) is 2.92. The van der Waals surface area contributed by atoms with Gasteiger partial charge in [-0.25, -0.2) is 4.98 Å². The van der Waals surface area contributed by atoms with Gasteiger partial charge < -0.3 is 14.8 Å². The molecule has 1 fully saturated rings. The lowest BCUT2D eigenvalue weighted by molar-refractivity contribution is -0.141. The molecular formula is C14H18F3IN2O2. The van der Waals surface area contributed by atoms with Gasteiger partial charge >= 0.3 is 6.18 Å². The quantitative estimate of drug-likeness (QED) is 0.530. The van der Waals surface area contributed by atoms with Crippen molar-refractivity contribution >= 4 is 28.4 Å². The molecule has 0 aliphatic carbocycles. The van der Waals surface area contributed by atoms with E-state index < -0.39 is 11.9 Å². The summed E-state index contributed by atoms with van der Waals surface area (Å²) in [7, 11) is 0. The van der Waals surface area contributed by atoms with Crippen molar-refractivity contribution < 1.29 is 22.6 Å². The zero-order valence-electron chi connectivity index (χ0n) is 12.0. The molecule has 0 spiro atoms. The van der Waals surface area contributed by atoms with Crippen molar-refractivity contribution in [2.24, 2.45) is 0 Å². The number of nitrogens with one attached hydrogen (secondary N) is 1. The zero-order valence-corrected chi connectivity index (χ0v) is 14.1. The molecular weight excluding hydrogens is 412 g/mol. The van der Waals surface area contributed by atoms with Crippen molar-refractivity contribution in [3.63, 3.8) is 0 Å². The Morgan fingerprint density at radius 3 is 2.91 bits per heavy atom. The van der Waals surface area contributed by atoms with E-state index in [0.29, 0.717) is 29.7 Å². The van der Waals surface area contributed by atoms with Gasteiger partial charge in [0.2, 0.25) is 0 Å². The molecule has 0 saturated carbocycles. The Hall–Kier alpha value is -0.610. The molecule has 8 heteroatoms. The topological polar surface area (TPSA) is 43.4 Å². The molecule has 22 heavy (non-hydrogen) atoms. The van der Waals surface area contributed by atoms with E-state index in [-0.39, 0.29) is 11.9 Å². The molecule has 1 N–H and O–H groups in total. The molecule has 1 aliphatic rings. The van der Waals surface area contributed by atoms with Gasteiger partial charge in [0.05, 0.1) is 16.3 Å². The minimum Gasteiger partial charge on any atom is -0.379 e. The number of aromatic nitrogens is 1. The molecule has 2 heterocycles.